The van der Waals surface area contributed by atoms with E-state index in [0.29, 0.717) is 19.6 Å². The van der Waals surface area contributed by atoms with Gasteiger partial charge in [-0.05, 0) is 25.7 Å². The summed E-state index contributed by atoms with van der Waals surface area (Å²) in [4.78, 5) is 22.2. The maximum Gasteiger partial charge on any atom is 0.303 e. The van der Waals surface area contributed by atoms with Gasteiger partial charge in [-0.15, -0.1) is 0 Å². The minimum absolute atomic E-state index is 0.00988. The summed E-state index contributed by atoms with van der Waals surface area (Å²) in [5, 5.41) is 11.4. The van der Waals surface area contributed by atoms with Gasteiger partial charge in [0, 0.05) is 19.6 Å². The highest BCUT2D eigenvalue weighted by molar-refractivity contribution is 5.79. The van der Waals surface area contributed by atoms with E-state index in [-0.39, 0.29) is 30.3 Å². The number of rotatable bonds is 6. The molecule has 98 valence electrons. The number of hydrogen-bond donors (Lipinski definition) is 2. The average Bonchev–Trinajstić information content (AvgIpc) is 2.69. The van der Waals surface area contributed by atoms with Crippen molar-refractivity contribution >= 4 is 11.9 Å². The average molecular weight is 243 g/mol. The van der Waals surface area contributed by atoms with Crippen LogP contribution in [0.5, 0.6) is 0 Å². The van der Waals surface area contributed by atoms with Crippen LogP contribution in [0.15, 0.2) is 0 Å². The van der Waals surface area contributed by atoms with Crippen molar-refractivity contribution in [3.8, 4) is 0 Å². The fraction of sp³-hybridized carbons (Fsp3) is 0.833. The van der Waals surface area contributed by atoms with Crippen molar-refractivity contribution in [1.29, 1.82) is 0 Å². The number of aliphatic carboxylic acids is 1. The zero-order valence-corrected chi connectivity index (χ0v) is 10.4. The smallest absolute Gasteiger partial charge is 0.303 e. The SMILES string of the molecule is CC(CCC(=O)O)CNC(=O)C1CCOC1C. The molecule has 17 heavy (non-hydrogen) atoms. The molecule has 1 fully saturated rings. The second-order valence-electron chi connectivity index (χ2n) is 4.75. The standard InChI is InChI=1S/C12H21NO4/c1-8(3-4-11(14)15)7-13-12(16)10-5-6-17-9(10)2/h8-10H,3-7H2,1-2H3,(H,13,16)(H,14,15). The van der Waals surface area contributed by atoms with Gasteiger partial charge in [0.2, 0.25) is 5.91 Å². The van der Waals surface area contributed by atoms with E-state index in [4.69, 9.17) is 9.84 Å². The van der Waals surface area contributed by atoms with Gasteiger partial charge >= 0.3 is 5.97 Å². The van der Waals surface area contributed by atoms with E-state index < -0.39 is 5.97 Å². The molecule has 0 bridgehead atoms. The van der Waals surface area contributed by atoms with Gasteiger partial charge in [0.1, 0.15) is 0 Å². The van der Waals surface area contributed by atoms with Gasteiger partial charge in [0.05, 0.1) is 12.0 Å². The number of hydrogen-bond acceptors (Lipinski definition) is 3. The van der Waals surface area contributed by atoms with Crippen LogP contribution in [0.25, 0.3) is 0 Å². The molecular formula is C12H21NO4. The summed E-state index contributed by atoms with van der Waals surface area (Å²) in [5.74, 6) is -0.632. The van der Waals surface area contributed by atoms with Crippen molar-refractivity contribution in [2.45, 2.75) is 39.2 Å². The highest BCUT2D eigenvalue weighted by atomic mass is 16.5. The molecule has 0 aromatic carbocycles. The predicted octanol–water partition coefficient (Wildman–Crippen LogP) is 1.03. The second-order valence-corrected chi connectivity index (χ2v) is 4.75. The molecule has 0 saturated carbocycles. The van der Waals surface area contributed by atoms with Gasteiger partial charge in [-0.2, -0.15) is 0 Å². The van der Waals surface area contributed by atoms with Gasteiger partial charge in [-0.1, -0.05) is 6.92 Å². The van der Waals surface area contributed by atoms with E-state index in [0.717, 1.165) is 6.42 Å². The summed E-state index contributed by atoms with van der Waals surface area (Å²) in [6.07, 6.45) is 1.51. The van der Waals surface area contributed by atoms with Crippen LogP contribution in [0.2, 0.25) is 0 Å². The summed E-state index contributed by atoms with van der Waals surface area (Å²) in [7, 11) is 0. The minimum Gasteiger partial charge on any atom is -0.481 e. The Kier molecular flexibility index (Phi) is 5.41. The predicted molar refractivity (Wildman–Crippen MR) is 62.6 cm³/mol. The molecule has 3 unspecified atom stereocenters. The largest absolute Gasteiger partial charge is 0.481 e. The molecule has 0 aliphatic carbocycles. The first-order chi connectivity index (χ1) is 8.00. The lowest BCUT2D eigenvalue weighted by molar-refractivity contribution is -0.137. The van der Waals surface area contributed by atoms with Crippen LogP contribution in [-0.2, 0) is 14.3 Å². The Balaban J connectivity index is 2.21. The van der Waals surface area contributed by atoms with Crippen molar-refractivity contribution < 1.29 is 19.4 Å². The van der Waals surface area contributed by atoms with Gasteiger partial charge in [0.25, 0.3) is 0 Å². The van der Waals surface area contributed by atoms with E-state index in [1.807, 2.05) is 13.8 Å². The Bertz CT molecular complexity index is 280. The molecule has 1 saturated heterocycles. The second kappa shape index (κ2) is 6.59. The lowest BCUT2D eigenvalue weighted by atomic mass is 10.0. The molecule has 2 N–H and O–H groups in total. The number of ether oxygens (including phenoxy) is 1. The molecule has 1 aliphatic heterocycles. The van der Waals surface area contributed by atoms with E-state index in [1.54, 1.807) is 0 Å². The lowest BCUT2D eigenvalue weighted by Gasteiger charge is -2.16. The molecule has 1 rings (SSSR count). The highest BCUT2D eigenvalue weighted by Crippen LogP contribution is 2.20. The summed E-state index contributed by atoms with van der Waals surface area (Å²) < 4.78 is 5.33. The summed E-state index contributed by atoms with van der Waals surface area (Å²) in [6, 6.07) is 0. The van der Waals surface area contributed by atoms with Crippen molar-refractivity contribution in [3.63, 3.8) is 0 Å². The quantitative estimate of drug-likeness (QED) is 0.730. The van der Waals surface area contributed by atoms with Crippen LogP contribution in [0, 0.1) is 11.8 Å². The van der Waals surface area contributed by atoms with E-state index >= 15 is 0 Å². The highest BCUT2D eigenvalue weighted by Gasteiger charge is 2.30. The van der Waals surface area contributed by atoms with E-state index in [2.05, 4.69) is 5.32 Å². The van der Waals surface area contributed by atoms with Crippen molar-refractivity contribution in [3.05, 3.63) is 0 Å². The van der Waals surface area contributed by atoms with Gasteiger partial charge in [-0.3, -0.25) is 9.59 Å². The monoisotopic (exact) mass is 243 g/mol. The molecule has 0 aromatic heterocycles. The summed E-state index contributed by atoms with van der Waals surface area (Å²) >= 11 is 0. The van der Waals surface area contributed by atoms with Crippen molar-refractivity contribution in [2.24, 2.45) is 11.8 Å². The van der Waals surface area contributed by atoms with Crippen molar-refractivity contribution in [1.82, 2.24) is 5.32 Å². The summed E-state index contributed by atoms with van der Waals surface area (Å²) in [5.41, 5.74) is 0. The Morgan fingerprint density at radius 1 is 1.53 bits per heavy atom. The molecule has 3 atom stereocenters. The Morgan fingerprint density at radius 2 is 2.24 bits per heavy atom. The van der Waals surface area contributed by atoms with Crippen LogP contribution in [-0.4, -0.2) is 36.2 Å². The maximum absolute atomic E-state index is 11.8. The van der Waals surface area contributed by atoms with Gasteiger partial charge in [-0.25, -0.2) is 0 Å². The number of carbonyl (C=O) groups is 2. The van der Waals surface area contributed by atoms with Gasteiger partial charge in [0.15, 0.2) is 0 Å². The first kappa shape index (κ1) is 14.0. The van der Waals surface area contributed by atoms with Crippen LogP contribution < -0.4 is 5.32 Å². The fourth-order valence-corrected chi connectivity index (χ4v) is 1.95. The molecule has 1 aliphatic rings. The minimum atomic E-state index is -0.791. The number of carboxylic acid groups (broad SMARTS) is 1. The van der Waals surface area contributed by atoms with E-state index in [9.17, 15) is 9.59 Å². The third-order valence-electron chi connectivity index (χ3n) is 3.19. The zero-order valence-electron chi connectivity index (χ0n) is 10.4. The normalized spacial score (nSPS) is 25.5. The van der Waals surface area contributed by atoms with Gasteiger partial charge < -0.3 is 15.2 Å². The molecule has 1 amide bonds. The van der Waals surface area contributed by atoms with Crippen LogP contribution in [0.3, 0.4) is 0 Å². The third kappa shape index (κ3) is 4.73. The first-order valence-corrected chi connectivity index (χ1v) is 6.11. The first-order valence-electron chi connectivity index (χ1n) is 6.11. The van der Waals surface area contributed by atoms with Crippen LogP contribution >= 0.6 is 0 Å². The summed E-state index contributed by atoms with van der Waals surface area (Å²) in [6.45, 7) is 5.03. The topological polar surface area (TPSA) is 75.6 Å². The molecule has 5 heteroatoms. The van der Waals surface area contributed by atoms with Crippen molar-refractivity contribution in [2.75, 3.05) is 13.2 Å². The van der Waals surface area contributed by atoms with E-state index in [1.165, 1.54) is 0 Å². The number of carbonyl (C=O) groups excluding carboxylic acids is 1. The van der Waals surface area contributed by atoms with Crippen LogP contribution in [0.1, 0.15) is 33.1 Å². The number of nitrogens with one attached hydrogen (secondary N) is 1. The number of amides is 1. The molecule has 1 heterocycles. The van der Waals surface area contributed by atoms with Crippen LogP contribution in [0.4, 0.5) is 0 Å². The third-order valence-corrected chi connectivity index (χ3v) is 3.19. The lowest BCUT2D eigenvalue weighted by Crippen LogP contribution is -2.36. The number of carboxylic acids is 1. The molecule has 0 radical (unpaired) electrons. The molecule has 5 nitrogen and oxygen atoms in total. The molecular weight excluding hydrogens is 222 g/mol. The maximum atomic E-state index is 11.8. The molecule has 0 aromatic rings. The zero-order chi connectivity index (χ0) is 12.8. The Morgan fingerprint density at radius 3 is 2.76 bits per heavy atom. The fourth-order valence-electron chi connectivity index (χ4n) is 1.95. The Hall–Kier alpha value is -1.10. The molecule has 0 spiro atoms. The Labute approximate surface area is 102 Å².